The van der Waals surface area contributed by atoms with Crippen LogP contribution >= 0.6 is 0 Å². The van der Waals surface area contributed by atoms with E-state index in [0.717, 1.165) is 18.2 Å². The number of benzene rings is 2. The number of aromatic nitrogens is 1. The van der Waals surface area contributed by atoms with Gasteiger partial charge < -0.3 is 19.2 Å². The average Bonchev–Trinajstić information content (AvgIpc) is 3.37. The number of pyridine rings is 1. The number of esters is 1. The maximum Gasteiger partial charge on any atom is 0.338 e. The van der Waals surface area contributed by atoms with Gasteiger partial charge in [0.25, 0.3) is 5.56 Å². The van der Waals surface area contributed by atoms with E-state index in [-0.39, 0.29) is 41.8 Å². The average molecular weight is 501 g/mol. The molecular formula is C25H28N2O7S. The summed E-state index contributed by atoms with van der Waals surface area (Å²) in [5.74, 6) is 0.0849. The van der Waals surface area contributed by atoms with Crippen LogP contribution in [0, 0.1) is 0 Å². The molecule has 0 unspecified atom stereocenters. The monoisotopic (exact) mass is 500 g/mol. The summed E-state index contributed by atoms with van der Waals surface area (Å²) in [6, 6.07) is 12.6. The Morgan fingerprint density at radius 1 is 1.17 bits per heavy atom. The Morgan fingerprint density at radius 2 is 1.94 bits per heavy atom. The molecule has 2 aromatic carbocycles. The minimum absolute atomic E-state index is 0.0190. The van der Waals surface area contributed by atoms with Gasteiger partial charge in [0.1, 0.15) is 5.75 Å². The van der Waals surface area contributed by atoms with E-state index in [9.17, 15) is 18.0 Å². The summed E-state index contributed by atoms with van der Waals surface area (Å²) in [6.45, 7) is 2.48. The Labute approximate surface area is 203 Å². The fourth-order valence-corrected chi connectivity index (χ4v) is 5.50. The second kappa shape index (κ2) is 10.6. The van der Waals surface area contributed by atoms with Crippen LogP contribution in [0.25, 0.3) is 10.9 Å². The van der Waals surface area contributed by atoms with Gasteiger partial charge in [-0.2, -0.15) is 4.31 Å². The zero-order valence-electron chi connectivity index (χ0n) is 19.7. The molecule has 9 nitrogen and oxygen atoms in total. The second-order valence-corrected chi connectivity index (χ2v) is 10.2. The van der Waals surface area contributed by atoms with E-state index >= 15 is 0 Å². The molecule has 186 valence electrons. The highest BCUT2D eigenvalue weighted by Crippen LogP contribution is 2.24. The quantitative estimate of drug-likeness (QED) is 0.449. The molecule has 0 aliphatic carbocycles. The summed E-state index contributed by atoms with van der Waals surface area (Å²) in [6.07, 6.45) is 1.33. The van der Waals surface area contributed by atoms with E-state index in [0.29, 0.717) is 23.4 Å². The highest BCUT2D eigenvalue weighted by molar-refractivity contribution is 7.89. The zero-order valence-corrected chi connectivity index (χ0v) is 20.5. The number of sulfonamides is 1. The number of carbonyl (C=O) groups excluding carboxylic acids is 1. The van der Waals surface area contributed by atoms with Crippen LogP contribution in [0.15, 0.2) is 58.2 Å². The lowest BCUT2D eigenvalue weighted by molar-refractivity contribution is 0.0526. The lowest BCUT2D eigenvalue weighted by atomic mass is 10.1. The number of nitrogens with zero attached hydrogens (tertiary/aromatic N) is 1. The van der Waals surface area contributed by atoms with Crippen molar-refractivity contribution in [3.8, 4) is 5.75 Å². The van der Waals surface area contributed by atoms with E-state index in [2.05, 4.69) is 4.98 Å². The van der Waals surface area contributed by atoms with Gasteiger partial charge in [-0.3, -0.25) is 4.79 Å². The molecule has 1 atom stereocenters. The van der Waals surface area contributed by atoms with Crippen LogP contribution < -0.4 is 10.3 Å². The third-order valence-corrected chi connectivity index (χ3v) is 7.74. The van der Waals surface area contributed by atoms with E-state index in [4.69, 9.17) is 14.2 Å². The molecule has 1 aromatic heterocycles. The van der Waals surface area contributed by atoms with Gasteiger partial charge in [-0.1, -0.05) is 0 Å². The van der Waals surface area contributed by atoms with Gasteiger partial charge in [0.15, 0.2) is 0 Å². The fraction of sp³-hybridized carbons (Fsp3) is 0.360. The first kappa shape index (κ1) is 24.9. The van der Waals surface area contributed by atoms with E-state index in [1.807, 2.05) is 0 Å². The first-order valence-electron chi connectivity index (χ1n) is 11.4. The predicted molar refractivity (Wildman–Crippen MR) is 130 cm³/mol. The molecule has 3 aromatic rings. The van der Waals surface area contributed by atoms with Crippen LogP contribution in [0.4, 0.5) is 0 Å². The molecule has 0 bridgehead atoms. The number of carbonyl (C=O) groups is 1. The van der Waals surface area contributed by atoms with E-state index < -0.39 is 16.0 Å². The molecule has 0 spiro atoms. The van der Waals surface area contributed by atoms with Gasteiger partial charge in [-0.05, 0) is 67.6 Å². The number of fused-ring (bicyclic) bond motifs is 1. The molecule has 2 heterocycles. The molecule has 1 saturated heterocycles. The summed E-state index contributed by atoms with van der Waals surface area (Å²) in [7, 11) is -2.45. The summed E-state index contributed by atoms with van der Waals surface area (Å²) in [5.41, 5.74) is 0.794. The van der Waals surface area contributed by atoms with Crippen molar-refractivity contribution in [2.45, 2.75) is 37.3 Å². The van der Waals surface area contributed by atoms with Gasteiger partial charge in [0.2, 0.25) is 10.0 Å². The van der Waals surface area contributed by atoms with Crippen LogP contribution in [-0.2, 0) is 26.0 Å². The molecule has 0 saturated carbocycles. The number of ether oxygens (including phenoxy) is 3. The van der Waals surface area contributed by atoms with Gasteiger partial charge >= 0.3 is 5.97 Å². The second-order valence-electron chi connectivity index (χ2n) is 8.25. The summed E-state index contributed by atoms with van der Waals surface area (Å²) in [5, 5.41) is 0.758. The highest BCUT2D eigenvalue weighted by atomic mass is 32.2. The molecular weight excluding hydrogens is 472 g/mol. The maximum absolute atomic E-state index is 13.6. The van der Waals surface area contributed by atoms with E-state index in [1.165, 1.54) is 28.6 Å². The molecule has 4 rings (SSSR count). The maximum atomic E-state index is 13.6. The van der Waals surface area contributed by atoms with Crippen LogP contribution in [0.3, 0.4) is 0 Å². The molecule has 1 aliphatic heterocycles. The van der Waals surface area contributed by atoms with Gasteiger partial charge in [0.05, 0.1) is 35.8 Å². The van der Waals surface area contributed by atoms with Crippen molar-refractivity contribution in [3.63, 3.8) is 0 Å². The zero-order chi connectivity index (χ0) is 25.0. The van der Waals surface area contributed by atoms with Crippen molar-refractivity contribution in [2.24, 2.45) is 0 Å². The molecule has 0 amide bonds. The number of aromatic amines is 1. The fourth-order valence-electron chi connectivity index (χ4n) is 4.05. The van der Waals surface area contributed by atoms with Crippen LogP contribution in [-0.4, -0.2) is 56.6 Å². The Bertz CT molecular complexity index is 1360. The number of rotatable bonds is 9. The van der Waals surface area contributed by atoms with E-state index in [1.54, 1.807) is 38.3 Å². The summed E-state index contributed by atoms with van der Waals surface area (Å²) < 4.78 is 44.4. The Morgan fingerprint density at radius 3 is 2.60 bits per heavy atom. The van der Waals surface area contributed by atoms with Crippen molar-refractivity contribution in [2.75, 3.05) is 26.9 Å². The summed E-state index contributed by atoms with van der Waals surface area (Å²) in [4.78, 5) is 27.6. The van der Waals surface area contributed by atoms with Crippen LogP contribution in [0.2, 0.25) is 0 Å². The number of H-pyrrole nitrogens is 1. The van der Waals surface area contributed by atoms with Crippen LogP contribution in [0.5, 0.6) is 5.75 Å². The van der Waals surface area contributed by atoms with Gasteiger partial charge in [-0.15, -0.1) is 0 Å². The first-order chi connectivity index (χ1) is 16.8. The first-order valence-corrected chi connectivity index (χ1v) is 12.8. The standard InChI is InChI=1S/C25H28N2O7S/c1-3-33-25(29)17-7-10-22(11-8-17)35(30,31)27(16-21-5-4-12-34-21)15-19-13-18-6-9-20(32-2)14-23(18)26-24(19)28/h6-11,13-14,21H,3-5,12,15-16H2,1-2H3,(H,26,28)/t21-/m0/s1. The van der Waals surface area contributed by atoms with Crippen molar-refractivity contribution < 1.29 is 27.4 Å². The normalized spacial score (nSPS) is 16.0. The lowest BCUT2D eigenvalue weighted by Gasteiger charge is -2.25. The van der Waals surface area contributed by atoms with Crippen molar-refractivity contribution >= 4 is 26.9 Å². The molecule has 0 radical (unpaired) electrons. The third-order valence-electron chi connectivity index (χ3n) is 5.91. The Hall–Kier alpha value is -3.21. The highest BCUT2D eigenvalue weighted by Gasteiger charge is 2.30. The molecule has 1 aliphatic rings. The van der Waals surface area contributed by atoms with Crippen LogP contribution in [0.1, 0.15) is 35.7 Å². The van der Waals surface area contributed by atoms with Gasteiger partial charge in [-0.25, -0.2) is 13.2 Å². The smallest absolute Gasteiger partial charge is 0.338 e. The Balaban J connectivity index is 1.67. The summed E-state index contributed by atoms with van der Waals surface area (Å²) >= 11 is 0. The third kappa shape index (κ3) is 5.55. The SMILES string of the molecule is CCOC(=O)c1ccc(S(=O)(=O)N(Cc2cc3ccc(OC)cc3[nH]c2=O)C[C@@H]2CCCO2)cc1. The number of methoxy groups -OCH3 is 1. The number of nitrogens with one attached hydrogen (secondary N) is 1. The number of hydrogen-bond donors (Lipinski definition) is 1. The molecule has 10 heteroatoms. The lowest BCUT2D eigenvalue weighted by Crippen LogP contribution is -2.38. The van der Waals surface area contributed by atoms with Crippen molar-refractivity contribution in [3.05, 3.63) is 70.0 Å². The molecule has 1 N–H and O–H groups in total. The molecule has 35 heavy (non-hydrogen) atoms. The van der Waals surface area contributed by atoms with Gasteiger partial charge in [0, 0.05) is 31.3 Å². The molecule has 1 fully saturated rings. The topological polar surface area (TPSA) is 115 Å². The minimum atomic E-state index is -3.99. The minimum Gasteiger partial charge on any atom is -0.497 e. The predicted octanol–water partition coefficient (Wildman–Crippen LogP) is 3.08. The van der Waals surface area contributed by atoms with Crippen molar-refractivity contribution in [1.29, 1.82) is 0 Å². The van der Waals surface area contributed by atoms with Crippen molar-refractivity contribution in [1.82, 2.24) is 9.29 Å². The number of hydrogen-bond acceptors (Lipinski definition) is 7. The Kier molecular flexibility index (Phi) is 7.54. The largest absolute Gasteiger partial charge is 0.497 e.